The van der Waals surface area contributed by atoms with Crippen LogP contribution in [0.2, 0.25) is 0 Å². The zero-order valence-electron chi connectivity index (χ0n) is 13.8. The van der Waals surface area contributed by atoms with Crippen molar-refractivity contribution in [3.63, 3.8) is 0 Å². The van der Waals surface area contributed by atoms with Crippen LogP contribution in [0.5, 0.6) is 0 Å². The van der Waals surface area contributed by atoms with E-state index in [1.807, 2.05) is 5.32 Å². The molecule has 0 aliphatic heterocycles. The molecule has 0 fully saturated rings. The fourth-order valence-corrected chi connectivity index (χ4v) is 1.65. The molecule has 0 aliphatic rings. The summed E-state index contributed by atoms with van der Waals surface area (Å²) in [5.41, 5.74) is 15.5. The first kappa shape index (κ1) is 22.8. The van der Waals surface area contributed by atoms with Gasteiger partial charge in [-0.3, -0.25) is 28.8 Å². The Balaban J connectivity index is 4.66. The SMILES string of the molecule is NC(=O)CCC(N)C(=O)NC(CC(N)=O)C(=O)NCC(=O)NCC(=O)O. The van der Waals surface area contributed by atoms with Gasteiger partial charge in [-0.05, 0) is 6.42 Å². The lowest BCUT2D eigenvalue weighted by Crippen LogP contribution is -2.54. The average molecular weight is 374 g/mol. The lowest BCUT2D eigenvalue weighted by molar-refractivity contribution is -0.138. The first-order valence-corrected chi connectivity index (χ1v) is 7.41. The predicted octanol–water partition coefficient (Wildman–Crippen LogP) is -4.74. The number of carbonyl (C=O) groups is 6. The van der Waals surface area contributed by atoms with Gasteiger partial charge in [-0.25, -0.2) is 0 Å². The molecule has 0 bridgehead atoms. The van der Waals surface area contributed by atoms with Gasteiger partial charge in [-0.15, -0.1) is 0 Å². The molecular formula is C13H22N6O7. The normalized spacial score (nSPS) is 12.3. The van der Waals surface area contributed by atoms with E-state index in [2.05, 4.69) is 10.6 Å². The molecule has 0 aromatic carbocycles. The minimum atomic E-state index is -1.40. The summed E-state index contributed by atoms with van der Waals surface area (Å²) < 4.78 is 0. The molecule has 0 aromatic rings. The Morgan fingerprint density at radius 2 is 1.50 bits per heavy atom. The highest BCUT2D eigenvalue weighted by Crippen LogP contribution is 1.98. The predicted molar refractivity (Wildman–Crippen MR) is 85.8 cm³/mol. The van der Waals surface area contributed by atoms with Crippen molar-refractivity contribution in [3.05, 3.63) is 0 Å². The number of carboxylic acids is 1. The highest BCUT2D eigenvalue weighted by molar-refractivity contribution is 5.94. The Hall–Kier alpha value is -3.22. The van der Waals surface area contributed by atoms with Crippen molar-refractivity contribution in [2.24, 2.45) is 17.2 Å². The molecule has 0 radical (unpaired) electrons. The second-order valence-electron chi connectivity index (χ2n) is 5.23. The van der Waals surface area contributed by atoms with Crippen LogP contribution in [0.15, 0.2) is 0 Å². The van der Waals surface area contributed by atoms with E-state index >= 15 is 0 Å². The van der Waals surface area contributed by atoms with Crippen molar-refractivity contribution in [2.45, 2.75) is 31.3 Å². The summed E-state index contributed by atoms with van der Waals surface area (Å²) >= 11 is 0. The number of aliphatic carboxylic acids is 1. The third-order valence-corrected chi connectivity index (χ3v) is 2.94. The Bertz CT molecular complexity index is 579. The number of hydrogen-bond acceptors (Lipinski definition) is 7. The van der Waals surface area contributed by atoms with Gasteiger partial charge < -0.3 is 38.3 Å². The Labute approximate surface area is 148 Å². The molecule has 5 amide bonds. The van der Waals surface area contributed by atoms with Crippen LogP contribution in [0.25, 0.3) is 0 Å². The van der Waals surface area contributed by atoms with Gasteiger partial charge in [0.2, 0.25) is 29.5 Å². The minimum Gasteiger partial charge on any atom is -0.480 e. The van der Waals surface area contributed by atoms with E-state index < -0.39 is 67.1 Å². The molecule has 0 spiro atoms. The van der Waals surface area contributed by atoms with Gasteiger partial charge in [0, 0.05) is 6.42 Å². The minimum absolute atomic E-state index is 0.0658. The molecule has 26 heavy (non-hydrogen) atoms. The summed E-state index contributed by atoms with van der Waals surface area (Å²) in [5, 5.41) is 14.7. The van der Waals surface area contributed by atoms with E-state index in [4.69, 9.17) is 22.3 Å². The molecule has 0 saturated heterocycles. The van der Waals surface area contributed by atoms with Crippen LogP contribution in [0.4, 0.5) is 0 Å². The van der Waals surface area contributed by atoms with E-state index in [1.165, 1.54) is 0 Å². The molecule has 0 rings (SSSR count). The van der Waals surface area contributed by atoms with Gasteiger partial charge >= 0.3 is 5.97 Å². The standard InChI is InChI=1S/C13H22N6O7/c14-6(1-2-8(15)20)12(25)19-7(3-9(16)21)13(26)18-4-10(22)17-5-11(23)24/h6-7H,1-5,14H2,(H2,15,20)(H2,16,21)(H,17,22)(H,18,26)(H,19,25)(H,23,24). The molecule has 0 heterocycles. The first-order chi connectivity index (χ1) is 12.0. The number of amides is 5. The van der Waals surface area contributed by atoms with Crippen molar-refractivity contribution in [1.29, 1.82) is 0 Å². The lowest BCUT2D eigenvalue weighted by atomic mass is 10.1. The van der Waals surface area contributed by atoms with E-state index in [-0.39, 0.29) is 12.8 Å². The van der Waals surface area contributed by atoms with Crippen LogP contribution in [-0.2, 0) is 28.8 Å². The third-order valence-electron chi connectivity index (χ3n) is 2.94. The van der Waals surface area contributed by atoms with Gasteiger partial charge in [0.1, 0.15) is 12.6 Å². The summed E-state index contributed by atoms with van der Waals surface area (Å²) in [6.45, 7) is -1.21. The quantitative estimate of drug-likeness (QED) is 0.174. The first-order valence-electron chi connectivity index (χ1n) is 7.41. The molecule has 13 nitrogen and oxygen atoms in total. The Morgan fingerprint density at radius 3 is 2.00 bits per heavy atom. The van der Waals surface area contributed by atoms with Gasteiger partial charge in [-0.1, -0.05) is 0 Å². The summed E-state index contributed by atoms with van der Waals surface area (Å²) in [7, 11) is 0. The maximum atomic E-state index is 12.0. The fraction of sp³-hybridized carbons (Fsp3) is 0.538. The second-order valence-corrected chi connectivity index (χ2v) is 5.23. The average Bonchev–Trinajstić information content (AvgIpc) is 2.54. The molecular weight excluding hydrogens is 352 g/mol. The number of nitrogens with one attached hydrogen (secondary N) is 3. The number of carboxylic acid groups (broad SMARTS) is 1. The van der Waals surface area contributed by atoms with Gasteiger partial charge in [0.05, 0.1) is 19.0 Å². The van der Waals surface area contributed by atoms with Crippen molar-refractivity contribution in [1.82, 2.24) is 16.0 Å². The van der Waals surface area contributed by atoms with Crippen LogP contribution < -0.4 is 33.2 Å². The summed E-state index contributed by atoms with van der Waals surface area (Å²) in [4.78, 5) is 67.3. The number of rotatable bonds is 12. The Kier molecular flexibility index (Phi) is 9.95. The highest BCUT2D eigenvalue weighted by atomic mass is 16.4. The number of primary amides is 2. The number of carbonyl (C=O) groups excluding carboxylic acids is 5. The fourth-order valence-electron chi connectivity index (χ4n) is 1.65. The Morgan fingerprint density at radius 1 is 0.885 bits per heavy atom. The maximum Gasteiger partial charge on any atom is 0.322 e. The molecule has 0 aromatic heterocycles. The zero-order chi connectivity index (χ0) is 20.3. The van der Waals surface area contributed by atoms with Crippen LogP contribution >= 0.6 is 0 Å². The van der Waals surface area contributed by atoms with Crippen LogP contribution in [0.1, 0.15) is 19.3 Å². The number of nitrogens with two attached hydrogens (primary N) is 3. The van der Waals surface area contributed by atoms with Crippen LogP contribution in [-0.4, -0.2) is 65.8 Å². The maximum absolute atomic E-state index is 12.0. The number of hydrogen-bond donors (Lipinski definition) is 7. The van der Waals surface area contributed by atoms with Crippen molar-refractivity contribution < 1.29 is 33.9 Å². The molecule has 146 valence electrons. The van der Waals surface area contributed by atoms with Crippen molar-refractivity contribution in [2.75, 3.05) is 13.1 Å². The zero-order valence-corrected chi connectivity index (χ0v) is 13.8. The van der Waals surface area contributed by atoms with E-state index in [0.29, 0.717) is 0 Å². The smallest absolute Gasteiger partial charge is 0.322 e. The van der Waals surface area contributed by atoms with Gasteiger partial charge in [0.25, 0.3) is 0 Å². The molecule has 0 aliphatic carbocycles. The third kappa shape index (κ3) is 10.5. The summed E-state index contributed by atoms with van der Waals surface area (Å²) in [5.74, 6) is -5.33. The molecule has 13 heteroatoms. The molecule has 2 unspecified atom stereocenters. The van der Waals surface area contributed by atoms with Crippen molar-refractivity contribution in [3.8, 4) is 0 Å². The van der Waals surface area contributed by atoms with Crippen LogP contribution in [0, 0.1) is 0 Å². The van der Waals surface area contributed by atoms with Crippen molar-refractivity contribution >= 4 is 35.5 Å². The lowest BCUT2D eigenvalue weighted by Gasteiger charge is -2.19. The van der Waals surface area contributed by atoms with Gasteiger partial charge in [0.15, 0.2) is 0 Å². The molecule has 0 saturated carbocycles. The summed E-state index contributed by atoms with van der Waals surface area (Å²) in [6.07, 6.45) is -0.772. The highest BCUT2D eigenvalue weighted by Gasteiger charge is 2.25. The summed E-state index contributed by atoms with van der Waals surface area (Å²) in [6, 6.07) is -2.54. The molecule has 2 atom stereocenters. The van der Waals surface area contributed by atoms with E-state index in [9.17, 15) is 28.8 Å². The molecule has 10 N–H and O–H groups in total. The van der Waals surface area contributed by atoms with E-state index in [1.54, 1.807) is 0 Å². The van der Waals surface area contributed by atoms with Crippen LogP contribution in [0.3, 0.4) is 0 Å². The van der Waals surface area contributed by atoms with E-state index in [0.717, 1.165) is 0 Å². The topological polar surface area (TPSA) is 237 Å². The monoisotopic (exact) mass is 374 g/mol. The largest absolute Gasteiger partial charge is 0.480 e. The van der Waals surface area contributed by atoms with Gasteiger partial charge in [-0.2, -0.15) is 0 Å². The second kappa shape index (κ2) is 11.4.